The van der Waals surface area contributed by atoms with Crippen molar-refractivity contribution in [2.75, 3.05) is 5.73 Å². The van der Waals surface area contributed by atoms with Gasteiger partial charge in [-0.1, -0.05) is 0 Å². The molecule has 5 nitrogen and oxygen atoms in total. The highest BCUT2D eigenvalue weighted by atomic mass is 16.5. The van der Waals surface area contributed by atoms with Crippen molar-refractivity contribution in [3.8, 4) is 0 Å². The van der Waals surface area contributed by atoms with E-state index >= 15 is 0 Å². The van der Waals surface area contributed by atoms with Gasteiger partial charge in [-0.15, -0.1) is 0 Å². The Morgan fingerprint density at radius 2 is 2.00 bits per heavy atom. The highest BCUT2D eigenvalue weighted by molar-refractivity contribution is 5.82. The lowest BCUT2D eigenvalue weighted by Gasteiger charge is -2.10. The number of nitrogen functional groups attached to an aromatic ring is 1. The minimum Gasteiger partial charge on any atom is -0.462 e. The van der Waals surface area contributed by atoms with Crippen LogP contribution in [0.25, 0.3) is 11.0 Å². The summed E-state index contributed by atoms with van der Waals surface area (Å²) in [6.07, 6.45) is -0.132. The molecular formula is C14H19N3O2. The van der Waals surface area contributed by atoms with E-state index in [1.165, 1.54) is 0 Å². The number of imidazole rings is 1. The number of esters is 1. The molecule has 0 fully saturated rings. The van der Waals surface area contributed by atoms with E-state index in [0.29, 0.717) is 5.95 Å². The molecule has 0 unspecified atom stereocenters. The summed E-state index contributed by atoms with van der Waals surface area (Å²) in [5.41, 5.74) is 9.84. The van der Waals surface area contributed by atoms with Crippen molar-refractivity contribution in [1.29, 1.82) is 0 Å². The van der Waals surface area contributed by atoms with Crippen LogP contribution in [0, 0.1) is 13.8 Å². The number of fused-ring (bicyclic) bond motifs is 1. The van der Waals surface area contributed by atoms with E-state index < -0.39 is 0 Å². The molecule has 0 aliphatic rings. The number of ether oxygens (including phenoxy) is 1. The van der Waals surface area contributed by atoms with Crippen molar-refractivity contribution in [3.63, 3.8) is 0 Å². The number of benzene rings is 1. The van der Waals surface area contributed by atoms with Crippen molar-refractivity contribution >= 4 is 23.0 Å². The van der Waals surface area contributed by atoms with E-state index in [-0.39, 0.29) is 18.6 Å². The molecule has 2 N–H and O–H groups in total. The fourth-order valence-electron chi connectivity index (χ4n) is 1.99. The Kier molecular flexibility index (Phi) is 3.46. The minimum atomic E-state index is -0.306. The van der Waals surface area contributed by atoms with Gasteiger partial charge in [0.1, 0.15) is 6.54 Å². The molecule has 1 heterocycles. The number of nitrogens with zero attached hydrogens (tertiary/aromatic N) is 2. The van der Waals surface area contributed by atoms with Crippen LogP contribution in [0.4, 0.5) is 5.95 Å². The van der Waals surface area contributed by atoms with E-state index in [2.05, 4.69) is 4.98 Å². The van der Waals surface area contributed by atoms with Crippen LogP contribution in [0.3, 0.4) is 0 Å². The van der Waals surface area contributed by atoms with Crippen LogP contribution < -0.4 is 5.73 Å². The van der Waals surface area contributed by atoms with Crippen LogP contribution in [0.1, 0.15) is 25.0 Å². The second-order valence-corrected chi connectivity index (χ2v) is 5.02. The first-order valence-corrected chi connectivity index (χ1v) is 6.31. The maximum atomic E-state index is 11.7. The van der Waals surface area contributed by atoms with Gasteiger partial charge < -0.3 is 10.5 Å². The molecule has 1 aromatic heterocycles. The normalized spacial score (nSPS) is 11.2. The Labute approximate surface area is 112 Å². The fraction of sp³-hybridized carbons (Fsp3) is 0.429. The van der Waals surface area contributed by atoms with Gasteiger partial charge in [-0.2, -0.15) is 0 Å². The SMILES string of the molecule is Cc1cc2nc(N)n(CC(=O)OC(C)C)c2cc1C. The molecule has 2 aromatic rings. The monoisotopic (exact) mass is 261 g/mol. The largest absolute Gasteiger partial charge is 0.462 e. The highest BCUT2D eigenvalue weighted by Crippen LogP contribution is 2.22. The summed E-state index contributed by atoms with van der Waals surface area (Å²) in [6.45, 7) is 7.77. The van der Waals surface area contributed by atoms with Crippen molar-refractivity contribution < 1.29 is 9.53 Å². The van der Waals surface area contributed by atoms with Crippen molar-refractivity contribution in [2.24, 2.45) is 0 Å². The standard InChI is InChI=1S/C14H19N3O2/c1-8(2)19-13(18)7-17-12-6-10(4)9(3)5-11(12)16-14(17)15/h5-6,8H,7H2,1-4H3,(H2,15,16). The average molecular weight is 261 g/mol. The number of nitrogens with two attached hydrogens (primary N) is 1. The van der Waals surface area contributed by atoms with Gasteiger partial charge in [-0.25, -0.2) is 4.98 Å². The number of carbonyl (C=O) groups excluding carboxylic acids is 1. The van der Waals surface area contributed by atoms with Crippen LogP contribution in [0.15, 0.2) is 12.1 Å². The first-order chi connectivity index (χ1) is 8.88. The van der Waals surface area contributed by atoms with Crippen LogP contribution in [0.2, 0.25) is 0 Å². The fourth-order valence-corrected chi connectivity index (χ4v) is 1.99. The smallest absolute Gasteiger partial charge is 0.326 e. The van der Waals surface area contributed by atoms with E-state index in [4.69, 9.17) is 10.5 Å². The third-order valence-corrected chi connectivity index (χ3v) is 3.05. The third kappa shape index (κ3) is 2.70. The highest BCUT2D eigenvalue weighted by Gasteiger charge is 2.14. The van der Waals surface area contributed by atoms with Gasteiger partial charge in [-0.05, 0) is 51.0 Å². The van der Waals surface area contributed by atoms with Crippen molar-refractivity contribution in [3.05, 3.63) is 23.3 Å². The molecule has 0 saturated carbocycles. The van der Waals surface area contributed by atoms with Gasteiger partial charge in [0.2, 0.25) is 5.95 Å². The Balaban J connectivity index is 2.40. The second kappa shape index (κ2) is 4.91. The number of hydrogen-bond acceptors (Lipinski definition) is 4. The van der Waals surface area contributed by atoms with E-state index in [9.17, 15) is 4.79 Å². The molecule has 0 atom stereocenters. The molecule has 102 valence electrons. The van der Waals surface area contributed by atoms with Crippen LogP contribution in [0.5, 0.6) is 0 Å². The molecule has 0 spiro atoms. The minimum absolute atomic E-state index is 0.0863. The first-order valence-electron chi connectivity index (χ1n) is 6.31. The molecule has 2 rings (SSSR count). The lowest BCUT2D eigenvalue weighted by Crippen LogP contribution is -2.18. The van der Waals surface area contributed by atoms with Gasteiger partial charge in [-0.3, -0.25) is 9.36 Å². The Hall–Kier alpha value is -2.04. The quantitative estimate of drug-likeness (QED) is 0.860. The first kappa shape index (κ1) is 13.4. The maximum absolute atomic E-state index is 11.7. The summed E-state index contributed by atoms with van der Waals surface area (Å²) in [4.78, 5) is 16.0. The lowest BCUT2D eigenvalue weighted by atomic mass is 10.1. The molecule has 0 bridgehead atoms. The number of rotatable bonds is 3. The molecule has 19 heavy (non-hydrogen) atoms. The topological polar surface area (TPSA) is 70.1 Å². The number of hydrogen-bond donors (Lipinski definition) is 1. The molecule has 0 aliphatic carbocycles. The Morgan fingerprint density at radius 3 is 2.63 bits per heavy atom. The number of carbonyl (C=O) groups is 1. The van der Waals surface area contributed by atoms with Crippen LogP contribution in [-0.4, -0.2) is 21.6 Å². The predicted molar refractivity (Wildman–Crippen MR) is 74.8 cm³/mol. The number of aromatic nitrogens is 2. The zero-order valence-electron chi connectivity index (χ0n) is 11.7. The molecule has 0 aliphatic heterocycles. The molecule has 0 amide bonds. The van der Waals surface area contributed by atoms with E-state index in [0.717, 1.165) is 22.2 Å². The van der Waals surface area contributed by atoms with Gasteiger partial charge in [0.25, 0.3) is 0 Å². The van der Waals surface area contributed by atoms with Crippen LogP contribution in [-0.2, 0) is 16.1 Å². The summed E-state index contributed by atoms with van der Waals surface area (Å²) >= 11 is 0. The number of aryl methyl sites for hydroxylation is 2. The summed E-state index contributed by atoms with van der Waals surface area (Å²) in [6, 6.07) is 3.97. The predicted octanol–water partition coefficient (Wildman–Crippen LogP) is 2.19. The van der Waals surface area contributed by atoms with E-state index in [1.807, 2.05) is 39.8 Å². The Bertz CT molecular complexity index is 629. The maximum Gasteiger partial charge on any atom is 0.326 e. The number of anilines is 1. The summed E-state index contributed by atoms with van der Waals surface area (Å²) in [5.74, 6) is 0.0277. The van der Waals surface area contributed by atoms with Crippen molar-refractivity contribution in [2.45, 2.75) is 40.3 Å². The van der Waals surface area contributed by atoms with Crippen LogP contribution >= 0.6 is 0 Å². The van der Waals surface area contributed by atoms with E-state index in [1.54, 1.807) is 4.57 Å². The molecule has 0 saturated heterocycles. The molecule has 1 aromatic carbocycles. The zero-order chi connectivity index (χ0) is 14.2. The third-order valence-electron chi connectivity index (χ3n) is 3.05. The van der Waals surface area contributed by atoms with Gasteiger partial charge in [0, 0.05) is 0 Å². The lowest BCUT2D eigenvalue weighted by molar-refractivity contribution is -0.147. The summed E-state index contributed by atoms with van der Waals surface area (Å²) in [7, 11) is 0. The molecular weight excluding hydrogens is 242 g/mol. The Morgan fingerprint density at radius 1 is 1.37 bits per heavy atom. The summed E-state index contributed by atoms with van der Waals surface area (Å²) < 4.78 is 6.83. The van der Waals surface area contributed by atoms with Gasteiger partial charge in [0.05, 0.1) is 17.1 Å². The molecule has 0 radical (unpaired) electrons. The second-order valence-electron chi connectivity index (χ2n) is 5.02. The van der Waals surface area contributed by atoms with Gasteiger partial charge in [0.15, 0.2) is 0 Å². The zero-order valence-corrected chi connectivity index (χ0v) is 11.7. The van der Waals surface area contributed by atoms with Gasteiger partial charge >= 0.3 is 5.97 Å². The average Bonchev–Trinajstić information content (AvgIpc) is 2.56. The van der Waals surface area contributed by atoms with Crippen molar-refractivity contribution in [1.82, 2.24) is 9.55 Å². The summed E-state index contributed by atoms with van der Waals surface area (Å²) in [5, 5.41) is 0. The molecule has 5 heteroatoms.